The fourth-order valence-electron chi connectivity index (χ4n) is 1.44. The molecule has 6 heteroatoms. The van der Waals surface area contributed by atoms with Crippen molar-refractivity contribution in [3.05, 3.63) is 17.5 Å². The van der Waals surface area contributed by atoms with Gasteiger partial charge >= 0.3 is 0 Å². The molecule has 0 saturated heterocycles. The van der Waals surface area contributed by atoms with E-state index in [1.807, 2.05) is 6.07 Å². The summed E-state index contributed by atoms with van der Waals surface area (Å²) >= 11 is 0. The summed E-state index contributed by atoms with van der Waals surface area (Å²) in [6.45, 7) is 3.12. The molecule has 0 spiro atoms. The Hall–Kier alpha value is -1.87. The third-order valence-corrected chi connectivity index (χ3v) is 2.41. The number of nitrogens with zero attached hydrogens (tertiary/aromatic N) is 3. The lowest BCUT2D eigenvalue weighted by Crippen LogP contribution is -2.34. The van der Waals surface area contributed by atoms with E-state index in [-0.39, 0.29) is 5.91 Å². The molecule has 1 amide bonds. The lowest BCUT2D eigenvalue weighted by Gasteiger charge is -2.20. The first kappa shape index (κ1) is 13.2. The van der Waals surface area contributed by atoms with Gasteiger partial charge in [-0.1, -0.05) is 0 Å². The van der Waals surface area contributed by atoms with Crippen LogP contribution in [0.15, 0.2) is 6.20 Å². The number of hydrogen-bond donors (Lipinski definition) is 1. The Morgan fingerprint density at radius 2 is 2.41 bits per heavy atom. The first-order valence-electron chi connectivity index (χ1n) is 5.35. The van der Waals surface area contributed by atoms with Gasteiger partial charge in [0.05, 0.1) is 30.9 Å². The maximum Gasteiger partial charge on any atom is 0.257 e. The molecule has 1 N–H and O–H groups in total. The van der Waals surface area contributed by atoms with Crippen LogP contribution in [0.3, 0.4) is 0 Å². The van der Waals surface area contributed by atoms with Gasteiger partial charge < -0.3 is 9.64 Å². The van der Waals surface area contributed by atoms with Crippen molar-refractivity contribution in [2.24, 2.45) is 0 Å². The molecule has 1 rings (SSSR count). The topological polar surface area (TPSA) is 82.0 Å². The monoisotopic (exact) mass is 236 g/mol. The molecule has 0 radical (unpaired) electrons. The van der Waals surface area contributed by atoms with Crippen LogP contribution in [-0.2, 0) is 4.74 Å². The molecule has 17 heavy (non-hydrogen) atoms. The molecule has 0 atom stereocenters. The van der Waals surface area contributed by atoms with E-state index >= 15 is 0 Å². The van der Waals surface area contributed by atoms with Gasteiger partial charge in [0.25, 0.3) is 5.91 Å². The van der Waals surface area contributed by atoms with E-state index < -0.39 is 0 Å². The summed E-state index contributed by atoms with van der Waals surface area (Å²) in [6, 6.07) is 2.03. The van der Waals surface area contributed by atoms with E-state index in [1.54, 1.807) is 18.9 Å². The number of carbonyl (C=O) groups is 1. The van der Waals surface area contributed by atoms with E-state index in [0.29, 0.717) is 31.7 Å². The van der Waals surface area contributed by atoms with Gasteiger partial charge in [-0.25, -0.2) is 0 Å². The Balaban J connectivity index is 2.72. The minimum atomic E-state index is -0.122. The van der Waals surface area contributed by atoms with Crippen LogP contribution < -0.4 is 0 Å². The molecule has 1 aromatic heterocycles. The van der Waals surface area contributed by atoms with E-state index in [4.69, 9.17) is 10.00 Å². The molecule has 0 bridgehead atoms. The Bertz CT molecular complexity index is 408. The van der Waals surface area contributed by atoms with Gasteiger partial charge in [0, 0.05) is 25.9 Å². The molecule has 0 aliphatic rings. The second-order valence-corrected chi connectivity index (χ2v) is 3.60. The van der Waals surface area contributed by atoms with Crippen molar-refractivity contribution in [2.45, 2.75) is 13.3 Å². The Morgan fingerprint density at radius 3 is 2.94 bits per heavy atom. The highest BCUT2D eigenvalue weighted by molar-refractivity contribution is 5.95. The van der Waals surface area contributed by atoms with Crippen LogP contribution in [0.2, 0.25) is 0 Å². The number of hydrogen-bond acceptors (Lipinski definition) is 4. The van der Waals surface area contributed by atoms with Crippen LogP contribution in [0.1, 0.15) is 22.5 Å². The first-order chi connectivity index (χ1) is 8.20. The second-order valence-electron chi connectivity index (χ2n) is 3.60. The van der Waals surface area contributed by atoms with Gasteiger partial charge in [-0.15, -0.1) is 0 Å². The van der Waals surface area contributed by atoms with Gasteiger partial charge in [-0.2, -0.15) is 10.4 Å². The summed E-state index contributed by atoms with van der Waals surface area (Å²) in [5.74, 6) is -0.122. The normalized spacial score (nSPS) is 9.94. The summed E-state index contributed by atoms with van der Waals surface area (Å²) in [7, 11) is 1.58. The third-order valence-electron chi connectivity index (χ3n) is 2.41. The largest absolute Gasteiger partial charge is 0.383 e. The molecule has 1 heterocycles. The van der Waals surface area contributed by atoms with Crippen LogP contribution in [0, 0.1) is 18.3 Å². The van der Waals surface area contributed by atoms with Gasteiger partial charge in [0.2, 0.25) is 0 Å². The molecule has 0 aliphatic carbocycles. The van der Waals surface area contributed by atoms with Crippen molar-refractivity contribution in [1.82, 2.24) is 15.1 Å². The van der Waals surface area contributed by atoms with Crippen LogP contribution in [-0.4, -0.2) is 47.8 Å². The number of aromatic nitrogens is 2. The zero-order valence-corrected chi connectivity index (χ0v) is 10.1. The van der Waals surface area contributed by atoms with E-state index in [1.165, 1.54) is 6.20 Å². The minimum absolute atomic E-state index is 0.122. The van der Waals surface area contributed by atoms with Crippen molar-refractivity contribution < 1.29 is 9.53 Å². The number of H-pyrrole nitrogens is 1. The number of rotatable bonds is 6. The van der Waals surface area contributed by atoms with E-state index in [0.717, 1.165) is 5.69 Å². The Morgan fingerprint density at radius 1 is 1.65 bits per heavy atom. The number of aryl methyl sites for hydroxylation is 1. The summed E-state index contributed by atoms with van der Waals surface area (Å²) in [4.78, 5) is 13.7. The molecule has 0 fully saturated rings. The predicted octanol–water partition coefficient (Wildman–Crippen LogP) is 0.720. The maximum atomic E-state index is 12.1. The molecule has 1 aromatic rings. The van der Waals surface area contributed by atoms with Crippen molar-refractivity contribution in [2.75, 3.05) is 26.8 Å². The standard InChI is InChI=1S/C11H16N4O2/c1-9-10(8-13-14-9)11(16)15(5-3-4-12)6-7-17-2/h8H,3,5-7H2,1-2H3,(H,13,14). The van der Waals surface area contributed by atoms with Gasteiger partial charge in [-0.05, 0) is 6.92 Å². The van der Waals surface area contributed by atoms with Crippen LogP contribution in [0.4, 0.5) is 0 Å². The fourth-order valence-corrected chi connectivity index (χ4v) is 1.44. The number of nitrogens with one attached hydrogen (secondary N) is 1. The number of nitriles is 1. The number of amides is 1. The van der Waals surface area contributed by atoms with Crippen molar-refractivity contribution >= 4 is 5.91 Å². The quantitative estimate of drug-likeness (QED) is 0.789. The average Bonchev–Trinajstić information content (AvgIpc) is 2.75. The highest BCUT2D eigenvalue weighted by atomic mass is 16.5. The number of aromatic amines is 1. The molecular formula is C11H16N4O2. The minimum Gasteiger partial charge on any atom is -0.383 e. The molecule has 92 valence electrons. The Labute approximate surface area is 100 Å². The van der Waals surface area contributed by atoms with E-state index in [2.05, 4.69) is 10.2 Å². The van der Waals surface area contributed by atoms with E-state index in [9.17, 15) is 4.79 Å². The number of methoxy groups -OCH3 is 1. The van der Waals surface area contributed by atoms with Gasteiger partial charge in [0.1, 0.15) is 0 Å². The highest BCUT2D eigenvalue weighted by Gasteiger charge is 2.18. The van der Waals surface area contributed by atoms with Crippen LogP contribution in [0.5, 0.6) is 0 Å². The van der Waals surface area contributed by atoms with Crippen molar-refractivity contribution in [1.29, 1.82) is 5.26 Å². The molecule has 0 saturated carbocycles. The third kappa shape index (κ3) is 3.57. The first-order valence-corrected chi connectivity index (χ1v) is 5.35. The van der Waals surface area contributed by atoms with Crippen LogP contribution in [0.25, 0.3) is 0 Å². The fraction of sp³-hybridized carbons (Fsp3) is 0.545. The molecule has 6 nitrogen and oxygen atoms in total. The van der Waals surface area contributed by atoms with Crippen LogP contribution >= 0.6 is 0 Å². The van der Waals surface area contributed by atoms with Crippen molar-refractivity contribution in [3.8, 4) is 6.07 Å². The zero-order valence-electron chi connectivity index (χ0n) is 10.1. The maximum absolute atomic E-state index is 12.1. The molecule has 0 aliphatic heterocycles. The summed E-state index contributed by atoms with van der Waals surface area (Å²) < 4.78 is 4.95. The Kier molecular flexibility index (Phi) is 5.17. The lowest BCUT2D eigenvalue weighted by molar-refractivity contribution is 0.0699. The predicted molar refractivity (Wildman–Crippen MR) is 61.3 cm³/mol. The molecule has 0 aromatic carbocycles. The summed E-state index contributed by atoms with van der Waals surface area (Å²) in [5, 5.41) is 15.1. The van der Waals surface area contributed by atoms with Gasteiger partial charge in [-0.3, -0.25) is 9.89 Å². The number of carbonyl (C=O) groups excluding carboxylic acids is 1. The van der Waals surface area contributed by atoms with Crippen molar-refractivity contribution in [3.63, 3.8) is 0 Å². The SMILES string of the molecule is COCCN(CCC#N)C(=O)c1cn[nH]c1C. The lowest BCUT2D eigenvalue weighted by atomic mass is 10.2. The summed E-state index contributed by atoms with van der Waals surface area (Å²) in [5.41, 5.74) is 1.27. The summed E-state index contributed by atoms with van der Waals surface area (Å²) in [6.07, 6.45) is 1.82. The second kappa shape index (κ2) is 6.66. The molecular weight excluding hydrogens is 220 g/mol. The van der Waals surface area contributed by atoms with Gasteiger partial charge in [0.15, 0.2) is 0 Å². The average molecular weight is 236 g/mol. The molecule has 0 unspecified atom stereocenters. The number of ether oxygens (including phenoxy) is 1. The highest BCUT2D eigenvalue weighted by Crippen LogP contribution is 2.08. The smallest absolute Gasteiger partial charge is 0.257 e. The zero-order chi connectivity index (χ0) is 12.7.